The molecule has 1 unspecified atom stereocenters. The molecule has 8 heteroatoms. The monoisotopic (exact) mass is 365 g/mol. The second kappa shape index (κ2) is 5.80. The van der Waals surface area contributed by atoms with E-state index in [-0.39, 0.29) is 17.8 Å². The number of benzene rings is 1. The molecule has 0 spiro atoms. The number of amides is 1. The van der Waals surface area contributed by atoms with Gasteiger partial charge in [0, 0.05) is 22.8 Å². The molecule has 1 aromatic carbocycles. The fraction of sp³-hybridized carbons (Fsp3) is 0.211. The molecule has 0 aliphatic heterocycles. The van der Waals surface area contributed by atoms with Gasteiger partial charge in [-0.1, -0.05) is 0 Å². The maximum atomic E-state index is 13.6. The maximum absolute atomic E-state index is 13.6. The number of nitrogens with one attached hydrogen (secondary N) is 3. The quantitative estimate of drug-likeness (QED) is 0.509. The molecule has 0 saturated heterocycles. The van der Waals surface area contributed by atoms with Crippen LogP contribution in [0, 0.1) is 5.82 Å². The van der Waals surface area contributed by atoms with Gasteiger partial charge >= 0.3 is 5.69 Å². The van der Waals surface area contributed by atoms with E-state index in [1.165, 1.54) is 22.7 Å². The third-order valence-electron chi connectivity index (χ3n) is 5.15. The average molecular weight is 365 g/mol. The first-order valence-electron chi connectivity index (χ1n) is 8.78. The molecule has 7 nitrogen and oxygen atoms in total. The van der Waals surface area contributed by atoms with Crippen molar-refractivity contribution >= 4 is 22.5 Å². The Kier molecular flexibility index (Phi) is 3.40. The van der Waals surface area contributed by atoms with Crippen molar-refractivity contribution in [3.63, 3.8) is 0 Å². The van der Waals surface area contributed by atoms with Crippen LogP contribution in [-0.4, -0.2) is 25.5 Å². The van der Waals surface area contributed by atoms with Gasteiger partial charge in [-0.05, 0) is 55.2 Å². The van der Waals surface area contributed by atoms with E-state index in [1.807, 2.05) is 0 Å². The van der Waals surface area contributed by atoms with E-state index in [0.29, 0.717) is 11.2 Å². The number of nitrogens with zero attached hydrogens (tertiary/aromatic N) is 2. The molecule has 27 heavy (non-hydrogen) atoms. The number of halogens is 1. The van der Waals surface area contributed by atoms with Crippen molar-refractivity contribution in [2.24, 2.45) is 0 Å². The van der Waals surface area contributed by atoms with Crippen LogP contribution in [0.4, 0.5) is 4.39 Å². The van der Waals surface area contributed by atoms with Gasteiger partial charge in [0.25, 0.3) is 5.91 Å². The van der Waals surface area contributed by atoms with Crippen molar-refractivity contribution < 1.29 is 9.18 Å². The van der Waals surface area contributed by atoms with Crippen LogP contribution in [0.15, 0.2) is 41.3 Å². The Morgan fingerprint density at radius 3 is 3.07 bits per heavy atom. The number of hydrogen-bond donors (Lipinski definition) is 3. The zero-order chi connectivity index (χ0) is 18.5. The molecule has 1 atom stereocenters. The summed E-state index contributed by atoms with van der Waals surface area (Å²) in [6.07, 6.45) is 4.02. The fourth-order valence-corrected chi connectivity index (χ4v) is 3.86. The molecule has 0 saturated carbocycles. The molecule has 136 valence electrons. The van der Waals surface area contributed by atoms with E-state index >= 15 is 0 Å². The van der Waals surface area contributed by atoms with Gasteiger partial charge in [0.05, 0.1) is 11.6 Å². The molecule has 3 N–H and O–H groups in total. The first-order chi connectivity index (χ1) is 13.1. The fourth-order valence-electron chi connectivity index (χ4n) is 3.86. The second-order valence-corrected chi connectivity index (χ2v) is 6.80. The normalized spacial score (nSPS) is 16.6. The second-order valence-electron chi connectivity index (χ2n) is 6.80. The molecule has 3 aromatic heterocycles. The standard InChI is InChI=1S/C19H16FN5O2/c20-11-5-6-14-13(8-11)12-2-1-3-15(17(12)21-14)22-18(26)10-4-7-16-23-24-19(27)25(16)9-10/h4-9,15,21H,1-3H2,(H,22,26)(H,24,27). The first kappa shape index (κ1) is 15.8. The average Bonchev–Trinajstić information content (AvgIpc) is 3.23. The molecule has 3 heterocycles. The van der Waals surface area contributed by atoms with Crippen molar-refractivity contribution in [1.82, 2.24) is 24.9 Å². The third-order valence-corrected chi connectivity index (χ3v) is 5.15. The Morgan fingerprint density at radius 1 is 1.30 bits per heavy atom. The summed E-state index contributed by atoms with van der Waals surface area (Å²) in [6, 6.07) is 7.75. The molecule has 1 aliphatic carbocycles. The van der Waals surface area contributed by atoms with Gasteiger partial charge in [0.15, 0.2) is 5.65 Å². The van der Waals surface area contributed by atoms with Crippen LogP contribution in [0.2, 0.25) is 0 Å². The molecule has 5 rings (SSSR count). The summed E-state index contributed by atoms with van der Waals surface area (Å²) in [5.41, 5.74) is 3.29. The van der Waals surface area contributed by atoms with Crippen molar-refractivity contribution in [2.75, 3.05) is 0 Å². The lowest BCUT2D eigenvalue weighted by Crippen LogP contribution is -2.31. The molecule has 0 radical (unpaired) electrons. The Balaban J connectivity index is 1.49. The summed E-state index contributed by atoms with van der Waals surface area (Å²) >= 11 is 0. The summed E-state index contributed by atoms with van der Waals surface area (Å²) in [5, 5.41) is 10.1. The van der Waals surface area contributed by atoms with Crippen molar-refractivity contribution in [2.45, 2.75) is 25.3 Å². The smallest absolute Gasteiger partial charge is 0.347 e. The number of aromatic amines is 2. The highest BCUT2D eigenvalue weighted by Crippen LogP contribution is 2.35. The lowest BCUT2D eigenvalue weighted by atomic mass is 9.91. The predicted octanol–water partition coefficient (Wildman–Crippen LogP) is 2.45. The van der Waals surface area contributed by atoms with Crippen LogP contribution in [0.25, 0.3) is 16.6 Å². The summed E-state index contributed by atoms with van der Waals surface area (Å²) in [6.45, 7) is 0. The highest BCUT2D eigenvalue weighted by Gasteiger charge is 2.26. The van der Waals surface area contributed by atoms with Crippen LogP contribution < -0.4 is 11.0 Å². The minimum atomic E-state index is -0.391. The summed E-state index contributed by atoms with van der Waals surface area (Å²) in [4.78, 5) is 27.8. The minimum Gasteiger partial charge on any atom is -0.356 e. The number of hydrogen-bond acceptors (Lipinski definition) is 3. The molecule has 1 aliphatic rings. The largest absolute Gasteiger partial charge is 0.356 e. The van der Waals surface area contributed by atoms with E-state index in [0.717, 1.165) is 41.4 Å². The molecule has 0 fully saturated rings. The van der Waals surface area contributed by atoms with E-state index in [1.54, 1.807) is 18.2 Å². The van der Waals surface area contributed by atoms with E-state index in [2.05, 4.69) is 20.5 Å². The van der Waals surface area contributed by atoms with Gasteiger partial charge < -0.3 is 10.3 Å². The van der Waals surface area contributed by atoms with Gasteiger partial charge in [-0.2, -0.15) is 5.10 Å². The van der Waals surface area contributed by atoms with Gasteiger partial charge in [-0.25, -0.2) is 18.7 Å². The van der Waals surface area contributed by atoms with E-state index in [9.17, 15) is 14.0 Å². The van der Waals surface area contributed by atoms with Crippen LogP contribution in [-0.2, 0) is 6.42 Å². The van der Waals surface area contributed by atoms with Crippen LogP contribution in [0.3, 0.4) is 0 Å². The topological polar surface area (TPSA) is 95.0 Å². The number of carbonyl (C=O) groups is 1. The number of aromatic nitrogens is 4. The zero-order valence-corrected chi connectivity index (χ0v) is 14.3. The molecule has 1 amide bonds. The van der Waals surface area contributed by atoms with Crippen LogP contribution >= 0.6 is 0 Å². The SMILES string of the molecule is O=C(NC1CCCc2c1[nH]c1ccc(F)cc21)c1ccc2n[nH]c(=O)n2c1. The molecular weight excluding hydrogens is 349 g/mol. The highest BCUT2D eigenvalue weighted by atomic mass is 19.1. The highest BCUT2D eigenvalue weighted by molar-refractivity contribution is 5.94. The molecule has 4 aromatic rings. The van der Waals surface area contributed by atoms with Crippen molar-refractivity contribution in [1.29, 1.82) is 0 Å². The number of rotatable bonds is 2. The number of carbonyl (C=O) groups excluding carboxylic acids is 1. The first-order valence-corrected chi connectivity index (χ1v) is 8.78. The maximum Gasteiger partial charge on any atom is 0.347 e. The zero-order valence-electron chi connectivity index (χ0n) is 14.3. The third kappa shape index (κ3) is 2.52. The lowest BCUT2D eigenvalue weighted by molar-refractivity contribution is 0.0931. The minimum absolute atomic E-state index is 0.187. The van der Waals surface area contributed by atoms with Gasteiger partial charge in [-0.3, -0.25) is 4.79 Å². The Labute approximate surface area is 152 Å². The van der Waals surface area contributed by atoms with Gasteiger partial charge in [0.2, 0.25) is 0 Å². The van der Waals surface area contributed by atoms with Crippen LogP contribution in [0.5, 0.6) is 0 Å². The Hall–Kier alpha value is -3.42. The number of H-pyrrole nitrogens is 2. The summed E-state index contributed by atoms with van der Waals surface area (Å²) in [5.74, 6) is -0.540. The predicted molar refractivity (Wildman–Crippen MR) is 97.2 cm³/mol. The molecular formula is C19H16FN5O2. The number of pyridine rings is 1. The Morgan fingerprint density at radius 2 is 2.19 bits per heavy atom. The number of aryl methyl sites for hydroxylation is 1. The number of fused-ring (bicyclic) bond motifs is 4. The van der Waals surface area contributed by atoms with Crippen molar-refractivity contribution in [3.8, 4) is 0 Å². The Bertz CT molecular complexity index is 1250. The summed E-state index contributed by atoms with van der Waals surface area (Å²) < 4.78 is 14.9. The van der Waals surface area contributed by atoms with E-state index < -0.39 is 5.69 Å². The van der Waals surface area contributed by atoms with Gasteiger partial charge in [-0.15, -0.1) is 0 Å². The van der Waals surface area contributed by atoms with Crippen molar-refractivity contribution in [3.05, 3.63) is 69.7 Å². The van der Waals surface area contributed by atoms with Gasteiger partial charge in [0.1, 0.15) is 5.82 Å². The molecule has 0 bridgehead atoms. The van der Waals surface area contributed by atoms with Crippen LogP contribution in [0.1, 0.15) is 40.5 Å². The lowest BCUT2D eigenvalue weighted by Gasteiger charge is -2.24. The summed E-state index contributed by atoms with van der Waals surface area (Å²) in [7, 11) is 0. The van der Waals surface area contributed by atoms with E-state index in [4.69, 9.17) is 0 Å².